The van der Waals surface area contributed by atoms with Gasteiger partial charge in [0.05, 0.1) is 6.04 Å². The normalized spacial score (nSPS) is 20.5. The first-order chi connectivity index (χ1) is 9.69. The number of hydrogen-bond donors (Lipinski definition) is 2. The summed E-state index contributed by atoms with van der Waals surface area (Å²) in [6.45, 7) is 10.0. The van der Waals surface area contributed by atoms with Gasteiger partial charge < -0.3 is 4.74 Å². The minimum Gasteiger partial charge on any atom is -0.443 e. The van der Waals surface area contributed by atoms with Crippen molar-refractivity contribution in [1.29, 1.82) is 0 Å². The third-order valence-corrected chi connectivity index (χ3v) is 3.90. The Bertz CT molecular complexity index is 518. The topological polar surface area (TPSA) is 50.4 Å². The molecule has 0 saturated carbocycles. The van der Waals surface area contributed by atoms with Gasteiger partial charge in [0.15, 0.2) is 0 Å². The fourth-order valence-corrected chi connectivity index (χ4v) is 2.77. The molecule has 4 nitrogen and oxygen atoms in total. The van der Waals surface area contributed by atoms with E-state index in [2.05, 4.69) is 42.9 Å². The summed E-state index contributed by atoms with van der Waals surface area (Å²) in [6.07, 6.45) is 1.72. The molecule has 1 aromatic rings. The highest BCUT2D eigenvalue weighted by Gasteiger charge is 2.36. The van der Waals surface area contributed by atoms with Crippen molar-refractivity contribution in [2.45, 2.75) is 59.1 Å². The first-order valence-electron chi connectivity index (χ1n) is 7.51. The van der Waals surface area contributed by atoms with Crippen molar-refractivity contribution < 1.29 is 9.53 Å². The Kier molecular flexibility index (Phi) is 4.28. The molecule has 0 heterocycles. The lowest BCUT2D eigenvalue weighted by molar-refractivity contribution is 0.0459. The largest absolute Gasteiger partial charge is 0.443 e. The molecular weight excluding hydrogens is 264 g/mol. The first kappa shape index (κ1) is 15.8. The van der Waals surface area contributed by atoms with Crippen LogP contribution in [0.5, 0.6) is 0 Å². The van der Waals surface area contributed by atoms with Gasteiger partial charge >= 0.3 is 6.09 Å². The molecule has 116 valence electrons. The third-order valence-electron chi connectivity index (χ3n) is 3.90. The van der Waals surface area contributed by atoms with Crippen molar-refractivity contribution >= 4 is 6.09 Å². The average molecular weight is 290 g/mol. The standard InChI is InChI=1S/C17H26N2O2/c1-16(2,3)21-15(20)19-18-14-13-9-7-6-8-12(13)10-11-17(14,4)5/h6-9,14,18H,10-11H2,1-5H3,(H,19,20). The van der Waals surface area contributed by atoms with Crippen molar-refractivity contribution in [3.8, 4) is 0 Å². The molecule has 0 saturated heterocycles. The molecule has 2 rings (SSSR count). The number of fused-ring (bicyclic) bond motifs is 1. The number of nitrogens with one attached hydrogen (secondary N) is 2. The van der Waals surface area contributed by atoms with Gasteiger partial charge in [0.25, 0.3) is 0 Å². The summed E-state index contributed by atoms with van der Waals surface area (Å²) in [6, 6.07) is 8.48. The molecule has 0 radical (unpaired) electrons. The second-order valence-electron chi connectivity index (χ2n) is 7.39. The first-order valence-corrected chi connectivity index (χ1v) is 7.51. The van der Waals surface area contributed by atoms with Crippen LogP contribution >= 0.6 is 0 Å². The maximum atomic E-state index is 11.8. The van der Waals surface area contributed by atoms with E-state index in [1.165, 1.54) is 11.1 Å². The predicted octanol–water partition coefficient (Wildman–Crippen LogP) is 3.73. The molecule has 0 bridgehead atoms. The molecule has 2 N–H and O–H groups in total. The zero-order valence-corrected chi connectivity index (χ0v) is 13.6. The van der Waals surface area contributed by atoms with Gasteiger partial charge in [0.2, 0.25) is 0 Å². The Morgan fingerprint density at radius 1 is 1.29 bits per heavy atom. The number of benzene rings is 1. The van der Waals surface area contributed by atoms with E-state index in [-0.39, 0.29) is 11.5 Å². The molecular formula is C17H26N2O2. The van der Waals surface area contributed by atoms with E-state index in [1.54, 1.807) is 0 Å². The van der Waals surface area contributed by atoms with E-state index < -0.39 is 11.7 Å². The number of ether oxygens (including phenoxy) is 1. The summed E-state index contributed by atoms with van der Waals surface area (Å²) in [5.41, 5.74) is 8.04. The molecule has 1 amide bonds. The van der Waals surface area contributed by atoms with E-state index in [0.717, 1.165) is 12.8 Å². The van der Waals surface area contributed by atoms with E-state index in [1.807, 2.05) is 26.8 Å². The number of carbonyl (C=O) groups is 1. The fourth-order valence-electron chi connectivity index (χ4n) is 2.77. The molecule has 1 aliphatic carbocycles. The molecule has 4 heteroatoms. The van der Waals surface area contributed by atoms with Gasteiger partial charge in [-0.3, -0.25) is 5.43 Å². The lowest BCUT2D eigenvalue weighted by Gasteiger charge is -2.40. The number of hydrazine groups is 1. The summed E-state index contributed by atoms with van der Waals surface area (Å²) < 4.78 is 5.27. The Morgan fingerprint density at radius 3 is 2.62 bits per heavy atom. The molecule has 21 heavy (non-hydrogen) atoms. The predicted molar refractivity (Wildman–Crippen MR) is 83.8 cm³/mol. The van der Waals surface area contributed by atoms with Crippen LogP contribution in [0.25, 0.3) is 0 Å². The zero-order valence-electron chi connectivity index (χ0n) is 13.6. The van der Waals surface area contributed by atoms with Crippen molar-refractivity contribution in [2.75, 3.05) is 0 Å². The quantitative estimate of drug-likeness (QED) is 0.816. The lowest BCUT2D eigenvalue weighted by atomic mass is 9.70. The number of amides is 1. The number of aryl methyl sites for hydroxylation is 1. The molecule has 1 unspecified atom stereocenters. The molecule has 0 aromatic heterocycles. The van der Waals surface area contributed by atoms with Crippen LogP contribution in [0.1, 0.15) is 58.2 Å². The van der Waals surface area contributed by atoms with Gasteiger partial charge in [-0.2, -0.15) is 0 Å². The van der Waals surface area contributed by atoms with Crippen molar-refractivity contribution in [1.82, 2.24) is 10.9 Å². The third kappa shape index (κ3) is 3.97. The monoisotopic (exact) mass is 290 g/mol. The highest BCUT2D eigenvalue weighted by Crippen LogP contribution is 2.42. The van der Waals surface area contributed by atoms with Crippen LogP contribution in [0.15, 0.2) is 24.3 Å². The van der Waals surface area contributed by atoms with Gasteiger partial charge in [-0.05, 0) is 50.2 Å². The van der Waals surface area contributed by atoms with E-state index >= 15 is 0 Å². The summed E-state index contributed by atoms with van der Waals surface area (Å²) in [4.78, 5) is 11.8. The Hall–Kier alpha value is -1.55. The van der Waals surface area contributed by atoms with E-state index in [4.69, 9.17) is 4.74 Å². The van der Waals surface area contributed by atoms with E-state index in [9.17, 15) is 4.79 Å². The Morgan fingerprint density at radius 2 is 1.95 bits per heavy atom. The van der Waals surface area contributed by atoms with Crippen LogP contribution in [0.4, 0.5) is 4.79 Å². The fraction of sp³-hybridized carbons (Fsp3) is 0.588. The second-order valence-corrected chi connectivity index (χ2v) is 7.39. The van der Waals surface area contributed by atoms with Gasteiger partial charge in [-0.15, -0.1) is 0 Å². The molecule has 0 aliphatic heterocycles. The average Bonchev–Trinajstić information content (AvgIpc) is 2.35. The summed E-state index contributed by atoms with van der Waals surface area (Å²) >= 11 is 0. The Labute approximate surface area is 127 Å². The maximum Gasteiger partial charge on any atom is 0.422 e. The lowest BCUT2D eigenvalue weighted by Crippen LogP contribution is -2.48. The molecule has 1 atom stereocenters. The Balaban J connectivity index is 2.09. The zero-order chi connectivity index (χ0) is 15.7. The highest BCUT2D eigenvalue weighted by atomic mass is 16.6. The van der Waals surface area contributed by atoms with Crippen LogP contribution in [-0.2, 0) is 11.2 Å². The minimum absolute atomic E-state index is 0.0728. The van der Waals surface area contributed by atoms with Crippen molar-refractivity contribution in [3.63, 3.8) is 0 Å². The summed E-state index contributed by atoms with van der Waals surface area (Å²) in [7, 11) is 0. The second kappa shape index (κ2) is 5.68. The number of hydrogen-bond acceptors (Lipinski definition) is 3. The van der Waals surface area contributed by atoms with Crippen LogP contribution in [0.3, 0.4) is 0 Å². The van der Waals surface area contributed by atoms with Crippen LogP contribution < -0.4 is 10.9 Å². The van der Waals surface area contributed by atoms with Crippen LogP contribution in [0.2, 0.25) is 0 Å². The van der Waals surface area contributed by atoms with Crippen molar-refractivity contribution in [2.24, 2.45) is 5.41 Å². The molecule has 1 aliphatic rings. The number of rotatable bonds is 2. The van der Waals surface area contributed by atoms with Gasteiger partial charge in [-0.25, -0.2) is 10.2 Å². The van der Waals surface area contributed by atoms with Crippen LogP contribution in [0, 0.1) is 5.41 Å². The van der Waals surface area contributed by atoms with Gasteiger partial charge in [0.1, 0.15) is 5.60 Å². The van der Waals surface area contributed by atoms with E-state index in [0.29, 0.717) is 0 Å². The molecule has 0 spiro atoms. The summed E-state index contributed by atoms with van der Waals surface area (Å²) in [5, 5.41) is 0. The van der Waals surface area contributed by atoms with Crippen molar-refractivity contribution in [3.05, 3.63) is 35.4 Å². The maximum absolute atomic E-state index is 11.8. The smallest absolute Gasteiger partial charge is 0.422 e. The van der Waals surface area contributed by atoms with Gasteiger partial charge in [0, 0.05) is 0 Å². The highest BCUT2D eigenvalue weighted by molar-refractivity contribution is 5.67. The number of carbonyl (C=O) groups excluding carboxylic acids is 1. The van der Waals surface area contributed by atoms with Crippen LogP contribution in [-0.4, -0.2) is 11.7 Å². The summed E-state index contributed by atoms with van der Waals surface area (Å²) in [5.74, 6) is 0. The SMILES string of the molecule is CC(C)(C)OC(=O)NNC1c2ccccc2CCC1(C)C. The molecule has 1 aromatic carbocycles. The molecule has 0 fully saturated rings. The minimum atomic E-state index is -0.494. The van der Waals surface area contributed by atoms with Gasteiger partial charge in [-0.1, -0.05) is 38.1 Å².